The molecule has 4 aliphatic rings. The van der Waals surface area contributed by atoms with E-state index in [0.29, 0.717) is 13.0 Å². The van der Waals surface area contributed by atoms with Crippen LogP contribution in [0.3, 0.4) is 0 Å². The number of piperidine rings is 1. The molecule has 0 radical (unpaired) electrons. The number of amides is 1. The van der Waals surface area contributed by atoms with E-state index in [4.69, 9.17) is 9.47 Å². The first-order chi connectivity index (χ1) is 16.1. The van der Waals surface area contributed by atoms with E-state index in [1.54, 1.807) is 58.9 Å². The predicted molar refractivity (Wildman–Crippen MR) is 136 cm³/mol. The van der Waals surface area contributed by atoms with Crippen LogP contribution in [0.15, 0.2) is 40.3 Å². The molecule has 4 saturated heterocycles. The molecule has 5 rings (SSSR count). The van der Waals surface area contributed by atoms with Gasteiger partial charge in [-0.25, -0.2) is 4.79 Å². The molecule has 1 unspecified atom stereocenters. The minimum Gasteiger partial charge on any atom is -0.510 e. The van der Waals surface area contributed by atoms with Gasteiger partial charge >= 0.3 is 5.97 Å². The number of carbonyl (C=O) groups is 2. The van der Waals surface area contributed by atoms with Crippen molar-refractivity contribution in [2.24, 2.45) is 11.8 Å². The third-order valence-electron chi connectivity index (χ3n) is 6.47. The van der Waals surface area contributed by atoms with Crippen LogP contribution in [0.25, 0.3) is 0 Å². The van der Waals surface area contributed by atoms with Crippen molar-refractivity contribution in [2.45, 2.75) is 29.7 Å². The second-order valence-electron chi connectivity index (χ2n) is 8.23. The molecular formula is C23H27NO5S4. The lowest BCUT2D eigenvalue weighted by Crippen LogP contribution is -2.57. The van der Waals surface area contributed by atoms with Gasteiger partial charge in [0.15, 0.2) is 4.08 Å². The molecule has 1 amide bonds. The zero-order valence-electron chi connectivity index (χ0n) is 18.3. The highest BCUT2D eigenvalue weighted by atomic mass is 32.2. The number of thioether (sulfide) groups is 4. The summed E-state index contributed by atoms with van der Waals surface area (Å²) in [5.41, 5.74) is 1.02. The first-order valence-corrected chi connectivity index (χ1v) is 15.1. The molecule has 178 valence electrons. The largest absolute Gasteiger partial charge is 0.510 e. The van der Waals surface area contributed by atoms with Crippen molar-refractivity contribution < 1.29 is 24.2 Å². The molecule has 6 nitrogen and oxygen atoms in total. The Morgan fingerprint density at radius 2 is 1.88 bits per heavy atom. The molecule has 1 aromatic carbocycles. The van der Waals surface area contributed by atoms with Crippen molar-refractivity contribution in [3.8, 4) is 0 Å². The van der Waals surface area contributed by atoms with Crippen molar-refractivity contribution in [2.75, 3.05) is 36.2 Å². The molecule has 0 aromatic heterocycles. The Bertz CT molecular complexity index is 928. The van der Waals surface area contributed by atoms with Crippen LogP contribution < -0.4 is 0 Å². The molecule has 33 heavy (non-hydrogen) atoms. The van der Waals surface area contributed by atoms with Gasteiger partial charge in [0.25, 0.3) is 0 Å². The van der Waals surface area contributed by atoms with E-state index in [0.717, 1.165) is 32.8 Å². The summed E-state index contributed by atoms with van der Waals surface area (Å²) in [5.74, 6) is 1.90. The quantitative estimate of drug-likeness (QED) is 0.442. The van der Waals surface area contributed by atoms with Crippen LogP contribution in [0.5, 0.6) is 0 Å². The van der Waals surface area contributed by atoms with Crippen molar-refractivity contribution in [1.82, 2.24) is 4.90 Å². The minimum atomic E-state index is -0.918. The third kappa shape index (κ3) is 4.20. The summed E-state index contributed by atoms with van der Waals surface area (Å²) in [5, 5.41) is 11.5. The molecule has 4 atom stereocenters. The van der Waals surface area contributed by atoms with Crippen molar-refractivity contribution in [3.63, 3.8) is 0 Å². The molecular weight excluding hydrogens is 499 g/mol. The van der Waals surface area contributed by atoms with E-state index in [-0.39, 0.29) is 30.3 Å². The maximum Gasteiger partial charge on any atom is 0.332 e. The fourth-order valence-corrected chi connectivity index (χ4v) is 10.8. The van der Waals surface area contributed by atoms with E-state index in [1.165, 1.54) is 0 Å². The third-order valence-corrected chi connectivity index (χ3v) is 12.8. The smallest absolute Gasteiger partial charge is 0.332 e. The molecule has 0 spiro atoms. The van der Waals surface area contributed by atoms with Crippen molar-refractivity contribution in [1.29, 1.82) is 0 Å². The van der Waals surface area contributed by atoms with Crippen LogP contribution >= 0.6 is 47.0 Å². The Morgan fingerprint density at radius 1 is 1.18 bits per heavy atom. The maximum atomic E-state index is 14.1. The van der Waals surface area contributed by atoms with Gasteiger partial charge in [-0.2, -0.15) is 0 Å². The number of esters is 1. The summed E-state index contributed by atoms with van der Waals surface area (Å²) >= 11 is 6.30. The van der Waals surface area contributed by atoms with Crippen LogP contribution in [-0.4, -0.2) is 68.4 Å². The maximum absolute atomic E-state index is 14.1. The van der Waals surface area contributed by atoms with Gasteiger partial charge in [0.05, 0.1) is 23.5 Å². The van der Waals surface area contributed by atoms with E-state index >= 15 is 0 Å². The van der Waals surface area contributed by atoms with Gasteiger partial charge < -0.3 is 19.5 Å². The van der Waals surface area contributed by atoms with Crippen LogP contribution in [0.2, 0.25) is 0 Å². The fourth-order valence-electron chi connectivity index (χ4n) is 5.07. The van der Waals surface area contributed by atoms with Gasteiger partial charge in [-0.05, 0) is 18.9 Å². The van der Waals surface area contributed by atoms with Gasteiger partial charge in [0.2, 0.25) is 5.91 Å². The Hall–Kier alpha value is -0.940. The lowest BCUT2D eigenvalue weighted by atomic mass is 9.79. The molecule has 0 saturated carbocycles. The van der Waals surface area contributed by atoms with E-state index in [2.05, 4.69) is 0 Å². The summed E-state index contributed by atoms with van der Waals surface area (Å²) in [7, 11) is 0. The number of rotatable bonds is 5. The fraction of sp³-hybridized carbons (Fsp3) is 0.565. The standard InChI is InChI=1S/C23H27NO5S4/c1-2-28-22(27)23(32-10-11-33-23)15-12-17-24(16(13-29-17)14-6-4-3-5-7-14)20(26)18(15)19(25)21-30-8-9-31-21/h3-7,15-18,25H,2,8-13H2,1H3/t15-,16-,17-,18?/m0/s1. The van der Waals surface area contributed by atoms with Gasteiger partial charge in [0, 0.05) is 28.9 Å². The van der Waals surface area contributed by atoms with E-state index in [1.807, 2.05) is 30.3 Å². The number of aliphatic hydroxyl groups is 1. The van der Waals surface area contributed by atoms with Gasteiger partial charge in [-0.3, -0.25) is 4.79 Å². The molecule has 1 N–H and O–H groups in total. The van der Waals surface area contributed by atoms with Gasteiger partial charge in [-0.1, -0.05) is 30.3 Å². The topological polar surface area (TPSA) is 76.1 Å². The first kappa shape index (κ1) is 23.8. The van der Waals surface area contributed by atoms with Gasteiger partial charge in [0.1, 0.15) is 17.9 Å². The van der Waals surface area contributed by atoms with E-state index in [9.17, 15) is 14.7 Å². The summed E-state index contributed by atoms with van der Waals surface area (Å²) in [6, 6.07) is 9.70. The second-order valence-corrected chi connectivity index (χ2v) is 13.6. The Labute approximate surface area is 211 Å². The number of hydrogen-bond acceptors (Lipinski definition) is 9. The normalized spacial score (nSPS) is 31.0. The summed E-state index contributed by atoms with van der Waals surface area (Å²) in [6.07, 6.45) is 0.0735. The highest BCUT2D eigenvalue weighted by Crippen LogP contribution is 2.58. The molecule has 4 aliphatic heterocycles. The lowest BCUT2D eigenvalue weighted by molar-refractivity contribution is -0.156. The second kappa shape index (κ2) is 9.97. The minimum absolute atomic E-state index is 0.117. The number of carbonyl (C=O) groups excluding carboxylic acids is 2. The molecule has 0 bridgehead atoms. The van der Waals surface area contributed by atoms with Crippen LogP contribution in [0, 0.1) is 11.8 Å². The van der Waals surface area contributed by atoms with Gasteiger partial charge in [-0.15, -0.1) is 47.0 Å². The summed E-state index contributed by atoms with van der Waals surface area (Å²) in [6.45, 7) is 2.50. The van der Waals surface area contributed by atoms with E-state index < -0.39 is 22.1 Å². The first-order valence-electron chi connectivity index (χ1n) is 11.2. The van der Waals surface area contributed by atoms with Crippen molar-refractivity contribution in [3.05, 3.63) is 45.9 Å². The van der Waals surface area contributed by atoms with Crippen LogP contribution in [-0.2, 0) is 19.1 Å². The summed E-state index contributed by atoms with van der Waals surface area (Å²) in [4.78, 5) is 29.3. The highest BCUT2D eigenvalue weighted by molar-refractivity contribution is 8.25. The highest BCUT2D eigenvalue weighted by Gasteiger charge is 2.61. The Morgan fingerprint density at radius 3 is 2.55 bits per heavy atom. The average Bonchev–Trinajstić information content (AvgIpc) is 3.60. The lowest BCUT2D eigenvalue weighted by Gasteiger charge is -2.46. The number of ether oxygens (including phenoxy) is 2. The van der Waals surface area contributed by atoms with Crippen LogP contribution in [0.4, 0.5) is 0 Å². The van der Waals surface area contributed by atoms with Crippen LogP contribution in [0.1, 0.15) is 24.9 Å². The van der Waals surface area contributed by atoms with Crippen molar-refractivity contribution >= 4 is 58.9 Å². The molecule has 10 heteroatoms. The molecule has 1 aromatic rings. The molecule has 4 heterocycles. The number of nitrogens with zero attached hydrogens (tertiary/aromatic N) is 1. The monoisotopic (exact) mass is 525 g/mol. The Kier molecular flexibility index (Phi) is 7.19. The zero-order chi connectivity index (χ0) is 23.0. The predicted octanol–water partition coefficient (Wildman–Crippen LogP) is 4.50. The Balaban J connectivity index is 1.56. The number of aliphatic hydroxyl groups excluding tert-OH is 1. The molecule has 0 aliphatic carbocycles. The zero-order valence-corrected chi connectivity index (χ0v) is 21.6. The SMILES string of the molecule is CCOC(=O)C1([C@H]2C[C@@H]3OC[C@@H](c4ccccc4)N3C(=O)C2C(O)=C2SCCS2)SCCS1. The number of benzene rings is 1. The summed E-state index contributed by atoms with van der Waals surface area (Å²) < 4.78 is 11.6. The molecule has 4 fully saturated rings. The number of fused-ring (bicyclic) bond motifs is 1. The average molecular weight is 526 g/mol. The number of hydrogen-bond donors (Lipinski definition) is 1.